The lowest BCUT2D eigenvalue weighted by Crippen LogP contribution is -2.28. The molecule has 2 rings (SSSR count). The Balaban J connectivity index is 1.72. The maximum atomic E-state index is 5.64. The van der Waals surface area contributed by atoms with Crippen LogP contribution in [0.1, 0.15) is 31.2 Å². The highest BCUT2D eigenvalue weighted by molar-refractivity contribution is 5.07. The van der Waals surface area contributed by atoms with E-state index in [0.717, 1.165) is 13.0 Å². The molecule has 0 saturated carbocycles. The standard InChI is InChI=1S/C13H21NO2/c1-14-12(9-11-6-8-15-10-11)4-5-13-3-2-7-16-13/h6,8,10,12-14H,2-5,7,9H2,1H3. The summed E-state index contributed by atoms with van der Waals surface area (Å²) in [4.78, 5) is 0. The van der Waals surface area contributed by atoms with Crippen LogP contribution in [0.5, 0.6) is 0 Å². The minimum Gasteiger partial charge on any atom is -0.472 e. The van der Waals surface area contributed by atoms with E-state index in [0.29, 0.717) is 12.1 Å². The minimum absolute atomic E-state index is 0.500. The van der Waals surface area contributed by atoms with Crippen LogP contribution in [0, 0.1) is 0 Å². The molecule has 1 saturated heterocycles. The molecule has 2 unspecified atom stereocenters. The monoisotopic (exact) mass is 223 g/mol. The highest BCUT2D eigenvalue weighted by Gasteiger charge is 2.17. The topological polar surface area (TPSA) is 34.4 Å². The van der Waals surface area contributed by atoms with E-state index in [-0.39, 0.29) is 0 Å². The zero-order chi connectivity index (χ0) is 11.2. The van der Waals surface area contributed by atoms with Crippen molar-refractivity contribution in [2.45, 2.75) is 44.2 Å². The fourth-order valence-corrected chi connectivity index (χ4v) is 2.30. The fraction of sp³-hybridized carbons (Fsp3) is 0.692. The van der Waals surface area contributed by atoms with Gasteiger partial charge in [-0.3, -0.25) is 0 Å². The third kappa shape index (κ3) is 3.35. The molecule has 1 aliphatic rings. The Bertz CT molecular complexity index is 278. The van der Waals surface area contributed by atoms with Crippen molar-refractivity contribution in [3.05, 3.63) is 24.2 Å². The van der Waals surface area contributed by atoms with Crippen LogP contribution in [0.2, 0.25) is 0 Å². The Morgan fingerprint density at radius 1 is 1.56 bits per heavy atom. The second-order valence-corrected chi connectivity index (χ2v) is 4.53. The molecule has 0 aromatic carbocycles. The molecule has 1 N–H and O–H groups in total. The first-order valence-electron chi connectivity index (χ1n) is 6.18. The summed E-state index contributed by atoms with van der Waals surface area (Å²) in [5.41, 5.74) is 1.27. The predicted octanol–water partition coefficient (Wildman–Crippen LogP) is 2.37. The maximum absolute atomic E-state index is 5.64. The Kier molecular flexibility index (Phi) is 4.43. The molecule has 2 atom stereocenters. The Morgan fingerprint density at radius 3 is 3.12 bits per heavy atom. The summed E-state index contributed by atoms with van der Waals surface area (Å²) < 4.78 is 10.7. The molecule has 3 heteroatoms. The summed E-state index contributed by atoms with van der Waals surface area (Å²) in [6, 6.07) is 2.57. The molecular formula is C13H21NO2. The van der Waals surface area contributed by atoms with E-state index in [4.69, 9.17) is 9.15 Å². The van der Waals surface area contributed by atoms with Crippen LogP contribution >= 0.6 is 0 Å². The molecule has 0 bridgehead atoms. The van der Waals surface area contributed by atoms with Crippen molar-refractivity contribution < 1.29 is 9.15 Å². The van der Waals surface area contributed by atoms with Gasteiger partial charge in [-0.2, -0.15) is 0 Å². The van der Waals surface area contributed by atoms with Gasteiger partial charge in [0, 0.05) is 12.6 Å². The van der Waals surface area contributed by atoms with E-state index in [2.05, 4.69) is 5.32 Å². The van der Waals surface area contributed by atoms with Crippen LogP contribution in [0.25, 0.3) is 0 Å². The molecule has 3 nitrogen and oxygen atoms in total. The second-order valence-electron chi connectivity index (χ2n) is 4.53. The lowest BCUT2D eigenvalue weighted by Gasteiger charge is -2.17. The van der Waals surface area contributed by atoms with Crippen LogP contribution in [0.4, 0.5) is 0 Å². The van der Waals surface area contributed by atoms with Crippen LogP contribution in [0.3, 0.4) is 0 Å². The van der Waals surface area contributed by atoms with Crippen molar-refractivity contribution in [1.29, 1.82) is 0 Å². The number of rotatable bonds is 6. The van der Waals surface area contributed by atoms with Gasteiger partial charge in [-0.25, -0.2) is 0 Å². The average molecular weight is 223 g/mol. The first-order valence-corrected chi connectivity index (χ1v) is 6.18. The summed E-state index contributed by atoms with van der Waals surface area (Å²) in [6.45, 7) is 0.955. The van der Waals surface area contributed by atoms with Gasteiger partial charge < -0.3 is 14.5 Å². The van der Waals surface area contributed by atoms with Gasteiger partial charge >= 0.3 is 0 Å². The summed E-state index contributed by atoms with van der Waals surface area (Å²) in [5.74, 6) is 0. The smallest absolute Gasteiger partial charge is 0.0935 e. The Hall–Kier alpha value is -0.800. The van der Waals surface area contributed by atoms with E-state index in [1.807, 2.05) is 19.4 Å². The number of ether oxygens (including phenoxy) is 1. The van der Waals surface area contributed by atoms with Gasteiger partial charge in [0.1, 0.15) is 0 Å². The number of nitrogens with one attached hydrogen (secondary N) is 1. The third-order valence-corrected chi connectivity index (χ3v) is 3.33. The second kappa shape index (κ2) is 6.06. The Labute approximate surface area is 97.2 Å². The zero-order valence-electron chi connectivity index (χ0n) is 9.95. The molecule has 0 aliphatic carbocycles. The van der Waals surface area contributed by atoms with Crippen molar-refractivity contribution in [2.24, 2.45) is 0 Å². The highest BCUT2D eigenvalue weighted by atomic mass is 16.5. The summed E-state index contributed by atoms with van der Waals surface area (Å²) in [7, 11) is 2.03. The molecule has 1 aliphatic heterocycles. The van der Waals surface area contributed by atoms with Gasteiger partial charge in [0.15, 0.2) is 0 Å². The number of hydrogen-bond donors (Lipinski definition) is 1. The molecule has 1 aromatic rings. The first kappa shape index (κ1) is 11.7. The largest absolute Gasteiger partial charge is 0.472 e. The Morgan fingerprint density at radius 2 is 2.50 bits per heavy atom. The van der Waals surface area contributed by atoms with E-state index < -0.39 is 0 Å². The average Bonchev–Trinajstić information content (AvgIpc) is 2.97. The fourth-order valence-electron chi connectivity index (χ4n) is 2.30. The van der Waals surface area contributed by atoms with Gasteiger partial charge in [0.05, 0.1) is 18.6 Å². The van der Waals surface area contributed by atoms with E-state index in [1.165, 1.54) is 31.2 Å². The first-order chi connectivity index (χ1) is 7.88. The molecule has 2 heterocycles. The highest BCUT2D eigenvalue weighted by Crippen LogP contribution is 2.18. The van der Waals surface area contributed by atoms with Gasteiger partial charge in [0.25, 0.3) is 0 Å². The van der Waals surface area contributed by atoms with Crippen molar-refractivity contribution in [1.82, 2.24) is 5.32 Å². The molecular weight excluding hydrogens is 202 g/mol. The molecule has 0 spiro atoms. The number of hydrogen-bond acceptors (Lipinski definition) is 3. The normalized spacial score (nSPS) is 22.4. The van der Waals surface area contributed by atoms with E-state index >= 15 is 0 Å². The van der Waals surface area contributed by atoms with Gasteiger partial charge in [-0.1, -0.05) is 0 Å². The summed E-state index contributed by atoms with van der Waals surface area (Å²) in [6.07, 6.45) is 9.92. The minimum atomic E-state index is 0.500. The van der Waals surface area contributed by atoms with Crippen LogP contribution < -0.4 is 5.32 Å². The number of furan rings is 1. The van der Waals surface area contributed by atoms with E-state index in [1.54, 1.807) is 6.26 Å². The zero-order valence-corrected chi connectivity index (χ0v) is 9.95. The van der Waals surface area contributed by atoms with Crippen LogP contribution in [0.15, 0.2) is 23.0 Å². The molecule has 1 fully saturated rings. The van der Waals surface area contributed by atoms with Crippen LogP contribution in [-0.4, -0.2) is 25.8 Å². The molecule has 90 valence electrons. The predicted molar refractivity (Wildman–Crippen MR) is 63.5 cm³/mol. The van der Waals surface area contributed by atoms with Gasteiger partial charge in [-0.05, 0) is 50.8 Å². The lowest BCUT2D eigenvalue weighted by molar-refractivity contribution is 0.0998. The molecule has 0 amide bonds. The molecule has 0 radical (unpaired) electrons. The van der Waals surface area contributed by atoms with E-state index in [9.17, 15) is 0 Å². The lowest BCUT2D eigenvalue weighted by atomic mass is 10.0. The molecule has 1 aromatic heterocycles. The van der Waals surface area contributed by atoms with Crippen molar-refractivity contribution >= 4 is 0 Å². The molecule has 16 heavy (non-hydrogen) atoms. The van der Waals surface area contributed by atoms with Gasteiger partial charge in [0.2, 0.25) is 0 Å². The SMILES string of the molecule is CNC(CCC1CCCO1)Cc1ccoc1. The van der Waals surface area contributed by atoms with Gasteiger partial charge in [-0.15, -0.1) is 0 Å². The summed E-state index contributed by atoms with van der Waals surface area (Å²) in [5, 5.41) is 3.37. The van der Waals surface area contributed by atoms with Crippen molar-refractivity contribution in [2.75, 3.05) is 13.7 Å². The van der Waals surface area contributed by atoms with Crippen molar-refractivity contribution in [3.8, 4) is 0 Å². The van der Waals surface area contributed by atoms with Crippen molar-refractivity contribution in [3.63, 3.8) is 0 Å². The maximum Gasteiger partial charge on any atom is 0.0935 e. The van der Waals surface area contributed by atoms with Crippen LogP contribution in [-0.2, 0) is 11.2 Å². The number of likely N-dealkylation sites (N-methyl/N-ethyl adjacent to an activating group) is 1. The quantitative estimate of drug-likeness (QED) is 0.804. The third-order valence-electron chi connectivity index (χ3n) is 3.33. The summed E-state index contributed by atoms with van der Waals surface area (Å²) >= 11 is 0.